The van der Waals surface area contributed by atoms with Crippen LogP contribution in [0.2, 0.25) is 10.0 Å². The summed E-state index contributed by atoms with van der Waals surface area (Å²) in [5.41, 5.74) is 2.74. The van der Waals surface area contributed by atoms with Crippen molar-refractivity contribution in [1.82, 2.24) is 9.97 Å². The van der Waals surface area contributed by atoms with E-state index in [-0.39, 0.29) is 5.91 Å². The van der Waals surface area contributed by atoms with Gasteiger partial charge >= 0.3 is 0 Å². The number of aromatic nitrogens is 2. The number of carbonyl (C=O) groups is 1. The number of amides is 1. The quantitative estimate of drug-likeness (QED) is 0.683. The predicted molar refractivity (Wildman–Crippen MR) is 100 cm³/mol. The van der Waals surface area contributed by atoms with Crippen molar-refractivity contribution in [3.63, 3.8) is 0 Å². The van der Waals surface area contributed by atoms with Crippen molar-refractivity contribution in [3.05, 3.63) is 82.4 Å². The summed E-state index contributed by atoms with van der Waals surface area (Å²) in [5.74, 6) is -0.334. The van der Waals surface area contributed by atoms with Crippen LogP contribution in [0.5, 0.6) is 0 Å². The highest BCUT2D eigenvalue weighted by Crippen LogP contribution is 2.22. The molecule has 0 atom stereocenters. The van der Waals surface area contributed by atoms with Crippen LogP contribution in [0.25, 0.3) is 0 Å². The minimum Gasteiger partial charge on any atom is -0.380 e. The first kappa shape index (κ1) is 17.2. The summed E-state index contributed by atoms with van der Waals surface area (Å²) in [6.45, 7) is 0.650. The van der Waals surface area contributed by atoms with E-state index in [1.54, 1.807) is 48.9 Å². The van der Waals surface area contributed by atoms with Gasteiger partial charge in [0.2, 0.25) is 0 Å². The highest BCUT2D eigenvalue weighted by atomic mass is 35.5. The van der Waals surface area contributed by atoms with Crippen molar-refractivity contribution in [1.29, 1.82) is 0 Å². The van der Waals surface area contributed by atoms with Crippen molar-refractivity contribution >= 4 is 40.5 Å². The summed E-state index contributed by atoms with van der Waals surface area (Å²) in [6.07, 6.45) is 5.09. The molecule has 1 amide bonds. The van der Waals surface area contributed by atoms with Crippen molar-refractivity contribution in [2.24, 2.45) is 0 Å². The van der Waals surface area contributed by atoms with E-state index in [0.717, 1.165) is 11.3 Å². The third-order valence-electron chi connectivity index (χ3n) is 3.36. The van der Waals surface area contributed by atoms with Gasteiger partial charge in [0.05, 0.1) is 11.9 Å². The Bertz CT molecular complexity index is 850. The molecular formula is C18H14Cl2N4O. The lowest BCUT2D eigenvalue weighted by Gasteiger charge is -2.08. The number of nitrogens with zero attached hydrogens (tertiary/aromatic N) is 2. The number of rotatable bonds is 5. The van der Waals surface area contributed by atoms with E-state index in [0.29, 0.717) is 28.0 Å². The van der Waals surface area contributed by atoms with E-state index in [9.17, 15) is 4.79 Å². The molecule has 0 spiro atoms. The van der Waals surface area contributed by atoms with Gasteiger partial charge in [-0.3, -0.25) is 9.78 Å². The van der Waals surface area contributed by atoms with Gasteiger partial charge in [-0.05, 0) is 48.0 Å². The minimum atomic E-state index is -0.334. The maximum Gasteiger partial charge on any atom is 0.274 e. The van der Waals surface area contributed by atoms with Crippen LogP contribution in [0.4, 0.5) is 11.4 Å². The Balaban J connectivity index is 1.62. The molecule has 126 valence electrons. The summed E-state index contributed by atoms with van der Waals surface area (Å²) in [4.78, 5) is 20.4. The van der Waals surface area contributed by atoms with Crippen LogP contribution in [0, 0.1) is 0 Å². The van der Waals surface area contributed by atoms with Gasteiger partial charge in [0.25, 0.3) is 5.91 Å². The lowest BCUT2D eigenvalue weighted by atomic mass is 10.2. The second-order valence-electron chi connectivity index (χ2n) is 5.25. The van der Waals surface area contributed by atoms with E-state index < -0.39 is 0 Å². The maximum atomic E-state index is 12.2. The molecule has 2 aromatic heterocycles. The predicted octanol–water partition coefficient (Wildman–Crippen LogP) is 4.65. The fourth-order valence-electron chi connectivity index (χ4n) is 2.16. The number of hydrogen-bond acceptors (Lipinski definition) is 4. The normalized spacial score (nSPS) is 10.3. The van der Waals surface area contributed by atoms with Crippen LogP contribution < -0.4 is 10.6 Å². The van der Waals surface area contributed by atoms with E-state index in [1.807, 2.05) is 12.1 Å². The molecule has 3 aromatic rings. The summed E-state index contributed by atoms with van der Waals surface area (Å²) >= 11 is 11.8. The lowest BCUT2D eigenvalue weighted by Crippen LogP contribution is -2.13. The average Bonchev–Trinajstić information content (AvgIpc) is 2.60. The zero-order valence-electron chi connectivity index (χ0n) is 13.0. The molecule has 5 nitrogen and oxygen atoms in total. The molecule has 1 aromatic carbocycles. The summed E-state index contributed by atoms with van der Waals surface area (Å²) in [7, 11) is 0. The van der Waals surface area contributed by atoms with Crippen LogP contribution in [-0.4, -0.2) is 15.9 Å². The number of anilines is 2. The van der Waals surface area contributed by atoms with Crippen molar-refractivity contribution in [2.75, 3.05) is 10.6 Å². The molecule has 0 fully saturated rings. The van der Waals surface area contributed by atoms with Gasteiger partial charge in [-0.1, -0.05) is 23.2 Å². The molecule has 25 heavy (non-hydrogen) atoms. The molecule has 2 N–H and O–H groups in total. The SMILES string of the molecule is O=C(Nc1cc(Cl)cc(Cl)c1)c1ccc(NCc2ccncc2)cn1. The fraction of sp³-hybridized carbons (Fsp3) is 0.0556. The molecule has 0 saturated carbocycles. The Morgan fingerprint density at radius 2 is 1.68 bits per heavy atom. The lowest BCUT2D eigenvalue weighted by molar-refractivity contribution is 0.102. The summed E-state index contributed by atoms with van der Waals surface area (Å²) in [5, 5.41) is 6.86. The Labute approximate surface area is 155 Å². The smallest absolute Gasteiger partial charge is 0.274 e. The molecule has 0 aliphatic heterocycles. The Kier molecular flexibility index (Phi) is 5.48. The minimum absolute atomic E-state index is 0.297. The van der Waals surface area contributed by atoms with Gasteiger partial charge in [-0.15, -0.1) is 0 Å². The third-order valence-corrected chi connectivity index (χ3v) is 3.80. The molecule has 7 heteroatoms. The Morgan fingerprint density at radius 3 is 2.32 bits per heavy atom. The highest BCUT2D eigenvalue weighted by Gasteiger charge is 2.09. The number of benzene rings is 1. The molecule has 0 radical (unpaired) electrons. The second-order valence-corrected chi connectivity index (χ2v) is 6.13. The largest absolute Gasteiger partial charge is 0.380 e. The van der Waals surface area contributed by atoms with Gasteiger partial charge in [0, 0.05) is 34.7 Å². The van der Waals surface area contributed by atoms with Gasteiger partial charge in [0.1, 0.15) is 5.69 Å². The Morgan fingerprint density at radius 1 is 0.960 bits per heavy atom. The van der Waals surface area contributed by atoms with Crippen molar-refractivity contribution < 1.29 is 4.79 Å². The number of hydrogen-bond donors (Lipinski definition) is 2. The van der Waals surface area contributed by atoms with E-state index in [1.165, 1.54) is 0 Å². The van der Waals surface area contributed by atoms with E-state index in [2.05, 4.69) is 20.6 Å². The molecule has 0 saturated heterocycles. The van der Waals surface area contributed by atoms with Crippen LogP contribution in [-0.2, 0) is 6.54 Å². The van der Waals surface area contributed by atoms with Crippen molar-refractivity contribution in [3.8, 4) is 0 Å². The standard InChI is InChI=1S/C18H14Cl2N4O/c19-13-7-14(20)9-16(8-13)24-18(25)17-2-1-15(11-23-17)22-10-12-3-5-21-6-4-12/h1-9,11,22H,10H2,(H,24,25). The van der Waals surface area contributed by atoms with Gasteiger partial charge < -0.3 is 10.6 Å². The Hall–Kier alpha value is -2.63. The van der Waals surface area contributed by atoms with Crippen LogP contribution >= 0.6 is 23.2 Å². The van der Waals surface area contributed by atoms with E-state index in [4.69, 9.17) is 23.2 Å². The zero-order valence-corrected chi connectivity index (χ0v) is 14.6. The zero-order chi connectivity index (χ0) is 17.6. The topological polar surface area (TPSA) is 66.9 Å². The van der Waals surface area contributed by atoms with Gasteiger partial charge in [-0.2, -0.15) is 0 Å². The van der Waals surface area contributed by atoms with Crippen LogP contribution in [0.3, 0.4) is 0 Å². The molecule has 0 bridgehead atoms. The fourth-order valence-corrected chi connectivity index (χ4v) is 2.68. The maximum absolute atomic E-state index is 12.2. The van der Waals surface area contributed by atoms with Gasteiger partial charge in [-0.25, -0.2) is 4.98 Å². The average molecular weight is 373 g/mol. The monoisotopic (exact) mass is 372 g/mol. The first-order chi connectivity index (χ1) is 12.1. The molecule has 2 heterocycles. The van der Waals surface area contributed by atoms with Crippen molar-refractivity contribution in [2.45, 2.75) is 6.54 Å². The van der Waals surface area contributed by atoms with E-state index >= 15 is 0 Å². The van der Waals surface area contributed by atoms with Gasteiger partial charge in [0.15, 0.2) is 0 Å². The second kappa shape index (κ2) is 7.96. The molecule has 0 aliphatic rings. The van der Waals surface area contributed by atoms with Crippen LogP contribution in [0.1, 0.15) is 16.1 Å². The molecule has 0 unspecified atom stereocenters. The number of halogens is 2. The molecular weight excluding hydrogens is 359 g/mol. The number of carbonyl (C=O) groups excluding carboxylic acids is 1. The molecule has 0 aliphatic carbocycles. The third kappa shape index (κ3) is 4.92. The highest BCUT2D eigenvalue weighted by molar-refractivity contribution is 6.35. The first-order valence-corrected chi connectivity index (χ1v) is 8.22. The number of nitrogens with one attached hydrogen (secondary N) is 2. The number of pyridine rings is 2. The molecule has 3 rings (SSSR count). The first-order valence-electron chi connectivity index (χ1n) is 7.46. The summed E-state index contributed by atoms with van der Waals surface area (Å²) in [6, 6.07) is 12.1. The summed E-state index contributed by atoms with van der Waals surface area (Å²) < 4.78 is 0. The van der Waals surface area contributed by atoms with Crippen LogP contribution in [0.15, 0.2) is 61.1 Å².